The first-order valence-corrected chi connectivity index (χ1v) is 8.45. The van der Waals surface area contributed by atoms with Crippen molar-refractivity contribution in [3.63, 3.8) is 0 Å². The van der Waals surface area contributed by atoms with Crippen LogP contribution in [-0.2, 0) is 16.6 Å². The summed E-state index contributed by atoms with van der Waals surface area (Å²) in [5, 5.41) is 7.66. The quantitative estimate of drug-likeness (QED) is 0.503. The third kappa shape index (κ3) is 4.60. The molecule has 0 radical (unpaired) electrons. The molecule has 3 rings (SSSR count). The van der Waals surface area contributed by atoms with Gasteiger partial charge in [-0.25, -0.2) is 9.78 Å². The summed E-state index contributed by atoms with van der Waals surface area (Å²) in [6.45, 7) is 2.11. The molecule has 27 heavy (non-hydrogen) atoms. The zero-order chi connectivity index (χ0) is 19.2. The Labute approximate surface area is 156 Å². The van der Waals surface area contributed by atoms with Gasteiger partial charge in [0.1, 0.15) is 12.4 Å². The SMILES string of the molecule is Cc1nn(C)c2ncc(C(=O)OCC(=O)NCCOc3ccccc3)cc12. The van der Waals surface area contributed by atoms with Crippen molar-refractivity contribution in [2.45, 2.75) is 6.92 Å². The van der Waals surface area contributed by atoms with Gasteiger partial charge in [-0.3, -0.25) is 9.48 Å². The minimum absolute atomic E-state index is 0.277. The Bertz CT molecular complexity index is 953. The van der Waals surface area contributed by atoms with Crippen molar-refractivity contribution in [1.82, 2.24) is 20.1 Å². The first-order valence-electron chi connectivity index (χ1n) is 8.45. The normalized spacial score (nSPS) is 10.6. The van der Waals surface area contributed by atoms with E-state index in [-0.39, 0.29) is 12.2 Å². The Morgan fingerprint density at radius 1 is 1.22 bits per heavy atom. The Balaban J connectivity index is 1.44. The Morgan fingerprint density at radius 3 is 2.78 bits per heavy atom. The van der Waals surface area contributed by atoms with Gasteiger partial charge in [0.15, 0.2) is 12.3 Å². The molecular weight excluding hydrogens is 348 g/mol. The van der Waals surface area contributed by atoms with Crippen LogP contribution in [0.5, 0.6) is 5.75 Å². The summed E-state index contributed by atoms with van der Waals surface area (Å²) in [5.41, 5.74) is 1.73. The maximum atomic E-state index is 12.1. The van der Waals surface area contributed by atoms with E-state index in [1.165, 1.54) is 6.20 Å². The van der Waals surface area contributed by atoms with Crippen LogP contribution in [-0.4, -0.2) is 46.4 Å². The molecule has 0 aliphatic rings. The number of aryl methyl sites for hydroxylation is 2. The third-order valence-electron chi connectivity index (χ3n) is 3.87. The van der Waals surface area contributed by atoms with E-state index in [0.717, 1.165) is 16.8 Å². The van der Waals surface area contributed by atoms with Gasteiger partial charge < -0.3 is 14.8 Å². The molecule has 1 amide bonds. The van der Waals surface area contributed by atoms with Gasteiger partial charge in [0, 0.05) is 18.6 Å². The Hall–Kier alpha value is -3.42. The van der Waals surface area contributed by atoms with Gasteiger partial charge in [0.2, 0.25) is 0 Å². The molecule has 1 N–H and O–H groups in total. The van der Waals surface area contributed by atoms with Crippen molar-refractivity contribution in [3.8, 4) is 5.75 Å². The average molecular weight is 368 g/mol. The summed E-state index contributed by atoms with van der Waals surface area (Å²) in [6.07, 6.45) is 1.41. The zero-order valence-corrected chi connectivity index (χ0v) is 15.1. The predicted octanol–water partition coefficient (Wildman–Crippen LogP) is 1.63. The lowest BCUT2D eigenvalue weighted by molar-refractivity contribution is -0.124. The molecule has 0 saturated heterocycles. The number of rotatable bonds is 7. The molecule has 0 atom stereocenters. The monoisotopic (exact) mass is 368 g/mol. The summed E-state index contributed by atoms with van der Waals surface area (Å²) in [5.74, 6) is -0.276. The van der Waals surface area contributed by atoms with Gasteiger partial charge in [-0.1, -0.05) is 18.2 Å². The summed E-state index contributed by atoms with van der Waals surface area (Å²) in [4.78, 5) is 28.1. The molecule has 0 bridgehead atoms. The largest absolute Gasteiger partial charge is 0.492 e. The number of aromatic nitrogens is 3. The lowest BCUT2D eigenvalue weighted by Crippen LogP contribution is -2.32. The number of hydrogen-bond donors (Lipinski definition) is 1. The van der Waals surface area contributed by atoms with E-state index in [4.69, 9.17) is 9.47 Å². The Kier molecular flexibility index (Phi) is 5.65. The van der Waals surface area contributed by atoms with Crippen LogP contribution in [0.2, 0.25) is 0 Å². The van der Waals surface area contributed by atoms with Gasteiger partial charge >= 0.3 is 5.97 Å². The van der Waals surface area contributed by atoms with Gasteiger partial charge in [-0.15, -0.1) is 0 Å². The van der Waals surface area contributed by atoms with Crippen LogP contribution in [0.1, 0.15) is 16.1 Å². The van der Waals surface area contributed by atoms with Crippen LogP contribution in [0.25, 0.3) is 11.0 Å². The molecule has 0 fully saturated rings. The summed E-state index contributed by atoms with van der Waals surface area (Å²) >= 11 is 0. The first kappa shape index (κ1) is 18.4. The van der Waals surface area contributed by atoms with Gasteiger partial charge in [-0.05, 0) is 25.1 Å². The molecule has 0 saturated carbocycles. The number of para-hydroxylation sites is 1. The van der Waals surface area contributed by atoms with Crippen LogP contribution >= 0.6 is 0 Å². The molecule has 0 aliphatic carbocycles. The number of carbonyl (C=O) groups is 2. The molecule has 140 valence electrons. The summed E-state index contributed by atoms with van der Waals surface area (Å²) < 4.78 is 12.2. The number of ether oxygens (including phenoxy) is 2. The molecule has 0 unspecified atom stereocenters. The molecular formula is C19H20N4O4. The molecule has 0 spiro atoms. The number of carbonyl (C=O) groups excluding carboxylic acids is 2. The van der Waals surface area contributed by atoms with Crippen molar-refractivity contribution < 1.29 is 19.1 Å². The lowest BCUT2D eigenvalue weighted by atomic mass is 10.2. The van der Waals surface area contributed by atoms with E-state index in [1.54, 1.807) is 17.8 Å². The zero-order valence-electron chi connectivity index (χ0n) is 15.1. The first-order chi connectivity index (χ1) is 13.0. The van der Waals surface area contributed by atoms with Gasteiger partial charge in [-0.2, -0.15) is 5.10 Å². The number of nitrogens with one attached hydrogen (secondary N) is 1. The summed E-state index contributed by atoms with van der Waals surface area (Å²) in [7, 11) is 1.78. The van der Waals surface area contributed by atoms with Gasteiger partial charge in [0.25, 0.3) is 5.91 Å². The Morgan fingerprint density at radius 2 is 2.00 bits per heavy atom. The second-order valence-electron chi connectivity index (χ2n) is 5.89. The second kappa shape index (κ2) is 8.31. The van der Waals surface area contributed by atoms with E-state index in [2.05, 4.69) is 15.4 Å². The molecule has 1 aromatic carbocycles. The number of esters is 1. The molecule has 8 heteroatoms. The molecule has 0 aliphatic heterocycles. The smallest absolute Gasteiger partial charge is 0.340 e. The number of amides is 1. The fourth-order valence-corrected chi connectivity index (χ4v) is 2.56. The minimum Gasteiger partial charge on any atom is -0.492 e. The van der Waals surface area contributed by atoms with Crippen molar-refractivity contribution in [3.05, 3.63) is 53.9 Å². The molecule has 8 nitrogen and oxygen atoms in total. The van der Waals surface area contributed by atoms with E-state index in [0.29, 0.717) is 18.8 Å². The third-order valence-corrected chi connectivity index (χ3v) is 3.87. The topological polar surface area (TPSA) is 95.3 Å². The van der Waals surface area contributed by atoms with Crippen LogP contribution < -0.4 is 10.1 Å². The molecule has 2 aromatic heterocycles. The average Bonchev–Trinajstić information content (AvgIpc) is 2.97. The fourth-order valence-electron chi connectivity index (χ4n) is 2.56. The molecule has 3 aromatic rings. The van der Waals surface area contributed by atoms with E-state index >= 15 is 0 Å². The summed E-state index contributed by atoms with van der Waals surface area (Å²) in [6, 6.07) is 11.0. The highest BCUT2D eigenvalue weighted by molar-refractivity contribution is 5.94. The van der Waals surface area contributed by atoms with E-state index in [9.17, 15) is 9.59 Å². The fraction of sp³-hybridized carbons (Fsp3) is 0.263. The predicted molar refractivity (Wildman–Crippen MR) is 98.5 cm³/mol. The number of benzene rings is 1. The van der Waals surface area contributed by atoms with Crippen molar-refractivity contribution >= 4 is 22.9 Å². The van der Waals surface area contributed by atoms with Crippen LogP contribution in [0, 0.1) is 6.92 Å². The van der Waals surface area contributed by atoms with Crippen molar-refractivity contribution in [2.75, 3.05) is 19.8 Å². The minimum atomic E-state index is -0.608. The van der Waals surface area contributed by atoms with Gasteiger partial charge in [0.05, 0.1) is 17.8 Å². The second-order valence-corrected chi connectivity index (χ2v) is 5.89. The maximum Gasteiger partial charge on any atom is 0.340 e. The van der Waals surface area contributed by atoms with E-state index in [1.807, 2.05) is 37.3 Å². The standard InChI is InChI=1S/C19H20N4O4/c1-13-16-10-14(11-21-18(16)23(2)22-13)19(25)27-12-17(24)20-8-9-26-15-6-4-3-5-7-15/h3-7,10-11H,8-9,12H2,1-2H3,(H,20,24). The van der Waals surface area contributed by atoms with E-state index < -0.39 is 11.9 Å². The van der Waals surface area contributed by atoms with Crippen molar-refractivity contribution in [1.29, 1.82) is 0 Å². The number of fused-ring (bicyclic) bond motifs is 1. The van der Waals surface area contributed by atoms with Crippen LogP contribution in [0.15, 0.2) is 42.6 Å². The number of pyridine rings is 1. The number of nitrogens with zero attached hydrogens (tertiary/aromatic N) is 3. The lowest BCUT2D eigenvalue weighted by Gasteiger charge is -2.08. The highest BCUT2D eigenvalue weighted by Gasteiger charge is 2.14. The number of hydrogen-bond acceptors (Lipinski definition) is 6. The maximum absolute atomic E-state index is 12.1. The molecule has 2 heterocycles. The highest BCUT2D eigenvalue weighted by atomic mass is 16.5. The van der Waals surface area contributed by atoms with Crippen molar-refractivity contribution in [2.24, 2.45) is 7.05 Å². The van der Waals surface area contributed by atoms with Crippen LogP contribution in [0.3, 0.4) is 0 Å². The van der Waals surface area contributed by atoms with Crippen LogP contribution in [0.4, 0.5) is 0 Å². The highest BCUT2D eigenvalue weighted by Crippen LogP contribution is 2.17.